The fraction of sp³-hybridized carbons (Fsp3) is 0.625. The Balaban J connectivity index is 1.87. The molecule has 0 radical (unpaired) electrons. The number of halogens is 3. The van der Waals surface area contributed by atoms with Crippen LogP contribution in [0.5, 0.6) is 0 Å². The van der Waals surface area contributed by atoms with Crippen LogP contribution in [-0.2, 0) is 9.63 Å². The predicted octanol–water partition coefficient (Wildman–Crippen LogP) is 0.616. The molecule has 84 valence electrons. The molecule has 7 heteroatoms. The molecule has 0 amide bonds. The summed E-state index contributed by atoms with van der Waals surface area (Å²) in [5.74, 6) is -2.23. The van der Waals surface area contributed by atoms with Crippen molar-refractivity contribution in [2.24, 2.45) is 0 Å². The molecule has 1 aliphatic heterocycles. The summed E-state index contributed by atoms with van der Waals surface area (Å²) in [6.45, 7) is 0.704. The van der Waals surface area contributed by atoms with E-state index in [-0.39, 0.29) is 5.54 Å². The predicted molar refractivity (Wildman–Crippen MR) is 43.3 cm³/mol. The zero-order chi connectivity index (χ0) is 11.1. The number of hydrogen-bond donors (Lipinski definition) is 2. The topological polar surface area (TPSA) is 60.3 Å². The average molecular weight is 222 g/mol. The second-order valence-electron chi connectivity index (χ2n) is 3.58. The Kier molecular flexibility index (Phi) is 2.14. The Bertz CT molecular complexity index is 320. The summed E-state index contributed by atoms with van der Waals surface area (Å²) in [7, 11) is 0. The fourth-order valence-electron chi connectivity index (χ4n) is 1.57. The summed E-state index contributed by atoms with van der Waals surface area (Å²) in [5, 5.41) is 3.02. The number of carbonyl (C=O) groups excluding carboxylic acids is 1. The van der Waals surface area contributed by atoms with Gasteiger partial charge in [-0.3, -0.25) is 0 Å². The molecule has 1 atom stereocenters. The maximum atomic E-state index is 11.8. The molecule has 15 heavy (non-hydrogen) atoms. The Labute approximate surface area is 83.4 Å². The van der Waals surface area contributed by atoms with E-state index >= 15 is 0 Å². The van der Waals surface area contributed by atoms with Gasteiger partial charge in [-0.15, -0.1) is 0 Å². The van der Waals surface area contributed by atoms with Crippen molar-refractivity contribution in [1.82, 2.24) is 10.8 Å². The van der Waals surface area contributed by atoms with Crippen molar-refractivity contribution < 1.29 is 22.8 Å². The summed E-state index contributed by atoms with van der Waals surface area (Å²) in [6, 6.07) is 0. The third-order valence-corrected chi connectivity index (χ3v) is 2.52. The largest absolute Gasteiger partial charge is 0.493 e. The van der Waals surface area contributed by atoms with Gasteiger partial charge in [0.25, 0.3) is 0 Å². The first kappa shape index (κ1) is 10.3. The van der Waals surface area contributed by atoms with Crippen LogP contribution in [-0.4, -0.2) is 24.2 Å². The molecule has 2 rings (SSSR count). The summed E-state index contributed by atoms with van der Waals surface area (Å²) in [6.07, 6.45) is -1.65. The van der Waals surface area contributed by atoms with Crippen molar-refractivity contribution in [1.29, 1.82) is 0 Å². The van der Waals surface area contributed by atoms with Crippen molar-refractivity contribution >= 4 is 5.97 Å². The number of hydroxylamine groups is 1. The summed E-state index contributed by atoms with van der Waals surface area (Å²) in [5.41, 5.74) is 2.31. The minimum absolute atomic E-state index is 0.272. The Morgan fingerprint density at radius 2 is 2.27 bits per heavy atom. The molecule has 1 unspecified atom stereocenters. The van der Waals surface area contributed by atoms with E-state index in [9.17, 15) is 18.0 Å². The van der Waals surface area contributed by atoms with Crippen molar-refractivity contribution in [2.45, 2.75) is 24.6 Å². The van der Waals surface area contributed by atoms with Gasteiger partial charge in [-0.1, -0.05) is 6.08 Å². The van der Waals surface area contributed by atoms with Crippen LogP contribution in [0.1, 0.15) is 12.8 Å². The van der Waals surface area contributed by atoms with E-state index in [2.05, 4.69) is 15.6 Å². The minimum atomic E-state index is -4.96. The quantitative estimate of drug-likeness (QED) is 0.531. The second-order valence-corrected chi connectivity index (χ2v) is 3.58. The first-order chi connectivity index (χ1) is 6.94. The number of rotatable bonds is 2. The van der Waals surface area contributed by atoms with Gasteiger partial charge in [0.15, 0.2) is 0 Å². The van der Waals surface area contributed by atoms with Crippen LogP contribution in [0.15, 0.2) is 11.8 Å². The van der Waals surface area contributed by atoms with E-state index in [1.54, 1.807) is 6.08 Å². The first-order valence-electron chi connectivity index (χ1n) is 4.44. The normalized spacial score (nSPS) is 28.9. The van der Waals surface area contributed by atoms with Crippen molar-refractivity contribution in [3.05, 3.63) is 11.8 Å². The fourth-order valence-corrected chi connectivity index (χ4v) is 1.57. The maximum Gasteiger partial charge on any atom is 0.493 e. The highest BCUT2D eigenvalue weighted by atomic mass is 19.4. The Hall–Kier alpha value is -1.24. The lowest BCUT2D eigenvalue weighted by Crippen LogP contribution is -2.34. The van der Waals surface area contributed by atoms with Crippen molar-refractivity contribution in [2.75, 3.05) is 6.54 Å². The zero-order valence-corrected chi connectivity index (χ0v) is 7.65. The van der Waals surface area contributed by atoms with Crippen LogP contribution in [0, 0.1) is 0 Å². The van der Waals surface area contributed by atoms with Crippen LogP contribution in [0.25, 0.3) is 0 Å². The molecule has 1 heterocycles. The highest BCUT2D eigenvalue weighted by Gasteiger charge is 2.49. The minimum Gasteiger partial charge on any atom is -0.335 e. The van der Waals surface area contributed by atoms with E-state index in [1.165, 1.54) is 0 Å². The molecular weight excluding hydrogens is 213 g/mol. The third-order valence-electron chi connectivity index (χ3n) is 2.52. The van der Waals surface area contributed by atoms with Gasteiger partial charge in [0, 0.05) is 6.54 Å². The average Bonchev–Trinajstić information content (AvgIpc) is 2.76. The van der Waals surface area contributed by atoms with E-state index < -0.39 is 12.1 Å². The molecule has 4 nitrogen and oxygen atoms in total. The molecule has 1 aliphatic carbocycles. The van der Waals surface area contributed by atoms with E-state index in [4.69, 9.17) is 0 Å². The van der Waals surface area contributed by atoms with Crippen molar-refractivity contribution in [3.8, 4) is 0 Å². The highest BCUT2D eigenvalue weighted by molar-refractivity contribution is 5.75. The summed E-state index contributed by atoms with van der Waals surface area (Å²) < 4.78 is 35.3. The lowest BCUT2D eigenvalue weighted by Gasteiger charge is -2.13. The maximum absolute atomic E-state index is 11.8. The van der Waals surface area contributed by atoms with E-state index in [1.807, 2.05) is 0 Å². The molecule has 0 saturated carbocycles. The lowest BCUT2D eigenvalue weighted by atomic mass is 10.1. The molecule has 0 aromatic heterocycles. The number of nitrogens with one attached hydrogen (secondary N) is 2. The molecule has 1 saturated heterocycles. The van der Waals surface area contributed by atoms with Gasteiger partial charge >= 0.3 is 12.1 Å². The number of carbonyl (C=O) groups is 1. The molecule has 0 aromatic carbocycles. The van der Waals surface area contributed by atoms with Crippen LogP contribution in [0.4, 0.5) is 13.2 Å². The highest BCUT2D eigenvalue weighted by Crippen LogP contribution is 2.36. The number of hydrogen-bond acceptors (Lipinski definition) is 4. The zero-order valence-electron chi connectivity index (χ0n) is 7.65. The van der Waals surface area contributed by atoms with Gasteiger partial charge in [-0.2, -0.15) is 13.2 Å². The Morgan fingerprint density at radius 1 is 1.60 bits per heavy atom. The standard InChI is InChI=1S/C8H9F3N2O2/c9-8(10,11)6(14)15-13-5-2-1-3-7(5)4-12-7/h2,12-13H,1,3-4H2. The van der Waals surface area contributed by atoms with E-state index in [0.29, 0.717) is 12.2 Å². The number of allylic oxidation sites excluding steroid dienone is 1. The Morgan fingerprint density at radius 3 is 2.80 bits per heavy atom. The third kappa shape index (κ3) is 1.92. The van der Waals surface area contributed by atoms with E-state index in [0.717, 1.165) is 12.8 Å². The SMILES string of the molecule is O=C(ONC1=CCCC12CN2)C(F)(F)F. The van der Waals surface area contributed by atoms with Gasteiger partial charge in [0.05, 0.1) is 11.2 Å². The molecule has 0 bridgehead atoms. The van der Waals surface area contributed by atoms with Crippen LogP contribution < -0.4 is 10.8 Å². The smallest absolute Gasteiger partial charge is 0.335 e. The van der Waals surface area contributed by atoms with Gasteiger partial charge in [-0.05, 0) is 12.8 Å². The number of alkyl halides is 3. The van der Waals surface area contributed by atoms with Gasteiger partial charge in [-0.25, -0.2) is 10.3 Å². The monoisotopic (exact) mass is 222 g/mol. The molecule has 1 fully saturated rings. The van der Waals surface area contributed by atoms with Gasteiger partial charge < -0.3 is 10.2 Å². The molecule has 2 N–H and O–H groups in total. The molecule has 0 aromatic rings. The summed E-state index contributed by atoms with van der Waals surface area (Å²) >= 11 is 0. The van der Waals surface area contributed by atoms with Crippen LogP contribution in [0.3, 0.4) is 0 Å². The lowest BCUT2D eigenvalue weighted by molar-refractivity contribution is -0.205. The molecule has 2 aliphatic rings. The van der Waals surface area contributed by atoms with Crippen molar-refractivity contribution in [3.63, 3.8) is 0 Å². The van der Waals surface area contributed by atoms with Crippen LogP contribution in [0.2, 0.25) is 0 Å². The summed E-state index contributed by atoms with van der Waals surface area (Å²) in [4.78, 5) is 14.3. The molecule has 1 spiro atoms. The van der Waals surface area contributed by atoms with Gasteiger partial charge in [0.1, 0.15) is 0 Å². The second kappa shape index (κ2) is 3.13. The van der Waals surface area contributed by atoms with Gasteiger partial charge in [0.2, 0.25) is 0 Å². The molecular formula is C8H9F3N2O2. The first-order valence-corrected chi connectivity index (χ1v) is 4.44. The van der Waals surface area contributed by atoms with Crippen LogP contribution >= 0.6 is 0 Å².